The summed E-state index contributed by atoms with van der Waals surface area (Å²) in [6.07, 6.45) is 14.7. The van der Waals surface area contributed by atoms with Crippen LogP contribution >= 0.6 is 0 Å². The molecule has 0 saturated heterocycles. The molecule has 0 heterocycles. The third-order valence-electron chi connectivity index (χ3n) is 4.67. The van der Waals surface area contributed by atoms with Gasteiger partial charge in [0.1, 0.15) is 0 Å². The Morgan fingerprint density at radius 3 is 1.68 bits per heavy atom. The van der Waals surface area contributed by atoms with Crippen molar-refractivity contribution in [2.45, 2.75) is 86.5 Å². The Labute approximate surface area is 144 Å². The van der Waals surface area contributed by atoms with Crippen molar-refractivity contribution in [2.24, 2.45) is 5.92 Å². The molecule has 0 radical (unpaired) electrons. The van der Waals surface area contributed by atoms with Crippen molar-refractivity contribution in [1.82, 2.24) is 0 Å². The topological polar surface area (TPSA) is 20.2 Å². The van der Waals surface area contributed by atoms with Crippen LogP contribution in [0.3, 0.4) is 0 Å². The average molecular weight is 415 g/mol. The third kappa shape index (κ3) is 8.76. The van der Waals surface area contributed by atoms with Crippen molar-refractivity contribution in [3.63, 3.8) is 0 Å². The normalized spacial score (nSPS) is 13.5. The minimum absolute atomic E-state index is 0.301. The van der Waals surface area contributed by atoms with Crippen LogP contribution in [-0.2, 0) is 0 Å². The van der Waals surface area contributed by atoms with Crippen LogP contribution in [-0.4, -0.2) is 30.1 Å². The zero-order chi connectivity index (χ0) is 16.8. The van der Waals surface area contributed by atoms with Crippen molar-refractivity contribution in [3.05, 3.63) is 21.8 Å². The van der Waals surface area contributed by atoms with Gasteiger partial charge in [-0.05, 0) is 0 Å². The Kier molecular flexibility index (Phi) is 13.8. The summed E-state index contributed by atoms with van der Waals surface area (Å²) in [4.78, 5) is 0. The average Bonchev–Trinajstić information content (AvgIpc) is 2.51. The van der Waals surface area contributed by atoms with Crippen LogP contribution in [0.2, 0.25) is 13.3 Å². The molecule has 130 valence electrons. The van der Waals surface area contributed by atoms with E-state index >= 15 is 0 Å². The Balaban J connectivity index is 5.39. The Bertz CT molecular complexity index is 296. The van der Waals surface area contributed by atoms with Crippen molar-refractivity contribution in [3.8, 4) is 0 Å². The van der Waals surface area contributed by atoms with E-state index in [0.717, 1.165) is 0 Å². The first kappa shape index (κ1) is 22.2. The minimum atomic E-state index is -2.38. The van der Waals surface area contributed by atoms with Gasteiger partial charge >= 0.3 is 144 Å². The number of allylic oxidation sites excluding steroid dienone is 3. The molecule has 0 rings (SSSR count). The van der Waals surface area contributed by atoms with Crippen molar-refractivity contribution < 1.29 is 5.11 Å². The fourth-order valence-corrected chi connectivity index (χ4v) is 19.1. The maximum atomic E-state index is 10.1. The number of hydrogen-bond donors (Lipinski definition) is 1. The molecule has 0 aromatic rings. The van der Waals surface area contributed by atoms with E-state index in [4.69, 9.17) is 0 Å². The van der Waals surface area contributed by atoms with Crippen LogP contribution < -0.4 is 0 Å². The number of hydrogen-bond acceptors (Lipinski definition) is 1. The molecule has 0 aliphatic carbocycles. The SMILES string of the molecule is CCC[CH2][Sn]([CH2]CCC)([CH2]CCC)/[C](=C/C=C\C(C)C)CO. The van der Waals surface area contributed by atoms with E-state index in [0.29, 0.717) is 12.5 Å². The summed E-state index contributed by atoms with van der Waals surface area (Å²) in [5.74, 6) is 0.586. The molecule has 0 amide bonds. The molecule has 1 N–H and O–H groups in total. The first-order valence-electron chi connectivity index (χ1n) is 9.55. The first-order chi connectivity index (χ1) is 10.6. The molecule has 0 unspecified atom stereocenters. The van der Waals surface area contributed by atoms with Gasteiger partial charge in [-0.2, -0.15) is 0 Å². The van der Waals surface area contributed by atoms with E-state index in [1.165, 1.54) is 55.4 Å². The van der Waals surface area contributed by atoms with Gasteiger partial charge in [-0.1, -0.05) is 0 Å². The van der Waals surface area contributed by atoms with Crippen LogP contribution in [0.1, 0.15) is 73.1 Å². The zero-order valence-electron chi connectivity index (χ0n) is 15.8. The second-order valence-corrected chi connectivity index (χ2v) is 20.5. The van der Waals surface area contributed by atoms with Crippen LogP contribution in [0.4, 0.5) is 0 Å². The van der Waals surface area contributed by atoms with E-state index in [9.17, 15) is 5.11 Å². The second-order valence-electron chi connectivity index (χ2n) is 7.07. The molecular weight excluding hydrogens is 375 g/mol. The van der Waals surface area contributed by atoms with Gasteiger partial charge in [0, 0.05) is 0 Å². The van der Waals surface area contributed by atoms with Gasteiger partial charge in [0.05, 0.1) is 0 Å². The molecule has 0 bridgehead atoms. The van der Waals surface area contributed by atoms with Crippen LogP contribution in [0, 0.1) is 5.92 Å². The summed E-state index contributed by atoms with van der Waals surface area (Å²) < 4.78 is 5.79. The number of rotatable bonds is 13. The van der Waals surface area contributed by atoms with Crippen LogP contribution in [0.5, 0.6) is 0 Å². The summed E-state index contributed by atoms with van der Waals surface area (Å²) in [6, 6.07) is 0. The third-order valence-corrected chi connectivity index (χ3v) is 20.7. The fraction of sp³-hybridized carbons (Fsp3) is 0.800. The predicted octanol–water partition coefficient (Wildman–Crippen LogP) is 6.51. The van der Waals surface area contributed by atoms with Crippen LogP contribution in [0.15, 0.2) is 21.8 Å². The summed E-state index contributed by atoms with van der Waals surface area (Å²) >= 11 is -2.38. The zero-order valence-corrected chi connectivity index (χ0v) is 18.7. The van der Waals surface area contributed by atoms with Gasteiger partial charge in [0.15, 0.2) is 0 Å². The Morgan fingerprint density at radius 2 is 1.36 bits per heavy atom. The van der Waals surface area contributed by atoms with Crippen molar-refractivity contribution >= 4 is 18.4 Å². The van der Waals surface area contributed by atoms with E-state index in [1.54, 1.807) is 0 Å². The molecule has 0 aliphatic rings. The van der Waals surface area contributed by atoms with Gasteiger partial charge in [0.25, 0.3) is 0 Å². The number of aliphatic hydroxyl groups is 1. The molecule has 0 aromatic carbocycles. The van der Waals surface area contributed by atoms with E-state index in [1.807, 2.05) is 0 Å². The van der Waals surface area contributed by atoms with E-state index < -0.39 is 18.4 Å². The monoisotopic (exact) mass is 416 g/mol. The molecule has 1 nitrogen and oxygen atoms in total. The summed E-state index contributed by atoms with van der Waals surface area (Å²) in [7, 11) is 0. The van der Waals surface area contributed by atoms with E-state index in [2.05, 4.69) is 52.8 Å². The van der Waals surface area contributed by atoms with Gasteiger partial charge in [-0.15, -0.1) is 0 Å². The predicted molar refractivity (Wildman–Crippen MR) is 104 cm³/mol. The molecule has 0 saturated carbocycles. The molecule has 0 aromatic heterocycles. The van der Waals surface area contributed by atoms with Crippen molar-refractivity contribution in [1.29, 1.82) is 0 Å². The summed E-state index contributed by atoms with van der Waals surface area (Å²) in [6.45, 7) is 11.6. The molecule has 0 atom stereocenters. The molecule has 22 heavy (non-hydrogen) atoms. The molecule has 0 fully saturated rings. The molecule has 0 spiro atoms. The maximum absolute atomic E-state index is 10.1. The molecule has 0 aliphatic heterocycles. The van der Waals surface area contributed by atoms with Gasteiger partial charge in [0.2, 0.25) is 0 Å². The Morgan fingerprint density at radius 1 is 0.909 bits per heavy atom. The fourth-order valence-electron chi connectivity index (χ4n) is 3.19. The standard InChI is InChI=1S/C8H13O.3C4H9.Sn/c1-8(2)6-4-3-5-7-9;3*1-3-4-2;/h3-4,6,8-9H,7H2,1-2H3;3*1,3-4H2,2H3;/b5-3?,6-4-;;;;. The summed E-state index contributed by atoms with van der Waals surface area (Å²) in [5.41, 5.74) is 0. The number of aliphatic hydroxyl groups excluding tert-OH is 1. The van der Waals surface area contributed by atoms with E-state index in [-0.39, 0.29) is 0 Å². The Hall–Kier alpha value is 0.239. The number of unbranched alkanes of at least 4 members (excludes halogenated alkanes) is 3. The van der Waals surface area contributed by atoms with Gasteiger partial charge in [-0.3, -0.25) is 0 Å². The van der Waals surface area contributed by atoms with Gasteiger partial charge < -0.3 is 0 Å². The molecular formula is C20H40OSn. The van der Waals surface area contributed by atoms with Crippen molar-refractivity contribution in [2.75, 3.05) is 6.61 Å². The molecule has 2 heteroatoms. The first-order valence-corrected chi connectivity index (χ1v) is 17.0. The summed E-state index contributed by atoms with van der Waals surface area (Å²) in [5, 5.41) is 10.1. The van der Waals surface area contributed by atoms with Gasteiger partial charge in [-0.25, -0.2) is 0 Å². The second kappa shape index (κ2) is 13.7. The quantitative estimate of drug-likeness (QED) is 0.269. The van der Waals surface area contributed by atoms with Crippen LogP contribution in [0.25, 0.3) is 0 Å².